The van der Waals surface area contributed by atoms with Gasteiger partial charge in [-0.05, 0) is 25.8 Å². The number of thioether (sulfide) groups is 1. The van der Waals surface area contributed by atoms with Crippen molar-refractivity contribution in [1.82, 2.24) is 15.2 Å². The number of methoxy groups -OCH3 is 1. The Bertz CT molecular complexity index is 634. The van der Waals surface area contributed by atoms with E-state index in [0.29, 0.717) is 24.1 Å². The predicted molar refractivity (Wildman–Crippen MR) is 92.7 cm³/mol. The van der Waals surface area contributed by atoms with Crippen LogP contribution in [0.1, 0.15) is 30.5 Å². The molecule has 1 atom stereocenters. The number of carbonyl (C=O) groups excluding carboxylic acids is 2. The van der Waals surface area contributed by atoms with E-state index in [0.717, 1.165) is 30.5 Å². The second-order valence-corrected chi connectivity index (χ2v) is 7.29. The van der Waals surface area contributed by atoms with Crippen molar-refractivity contribution in [2.75, 3.05) is 18.7 Å². The smallest absolute Gasteiger partial charge is 0.243 e. The third kappa shape index (κ3) is 3.50. The molecule has 2 fully saturated rings. The number of ether oxygens (including phenoxy) is 1. The normalized spacial score (nSPS) is 20.6. The van der Waals surface area contributed by atoms with Gasteiger partial charge in [0.15, 0.2) is 0 Å². The van der Waals surface area contributed by atoms with E-state index >= 15 is 0 Å². The average Bonchev–Trinajstić information content (AvgIpc) is 3.01. The number of amides is 2. The van der Waals surface area contributed by atoms with Gasteiger partial charge in [-0.2, -0.15) is 0 Å². The van der Waals surface area contributed by atoms with E-state index in [2.05, 4.69) is 10.3 Å². The van der Waals surface area contributed by atoms with Crippen molar-refractivity contribution in [3.8, 4) is 5.88 Å². The summed E-state index contributed by atoms with van der Waals surface area (Å²) in [6.07, 6.45) is 3.04. The van der Waals surface area contributed by atoms with Gasteiger partial charge in [0.05, 0.1) is 13.0 Å². The van der Waals surface area contributed by atoms with E-state index in [-0.39, 0.29) is 23.8 Å². The largest absolute Gasteiger partial charge is 0.481 e. The fourth-order valence-electron chi connectivity index (χ4n) is 2.94. The number of aromatic nitrogens is 1. The Morgan fingerprint density at radius 1 is 1.42 bits per heavy atom. The molecule has 2 heterocycles. The maximum Gasteiger partial charge on any atom is 0.243 e. The lowest BCUT2D eigenvalue weighted by Gasteiger charge is -2.31. The van der Waals surface area contributed by atoms with Gasteiger partial charge in [-0.3, -0.25) is 9.59 Å². The van der Waals surface area contributed by atoms with Crippen LogP contribution in [0.25, 0.3) is 0 Å². The molecule has 130 valence electrons. The zero-order chi connectivity index (χ0) is 17.1. The highest BCUT2D eigenvalue weighted by molar-refractivity contribution is 7.99. The van der Waals surface area contributed by atoms with Gasteiger partial charge in [-0.15, -0.1) is 11.8 Å². The zero-order valence-electron chi connectivity index (χ0n) is 14.1. The molecule has 1 aliphatic heterocycles. The highest BCUT2D eigenvalue weighted by Gasteiger charge is 2.39. The fourth-order valence-corrected chi connectivity index (χ4v) is 4.10. The second kappa shape index (κ2) is 7.42. The van der Waals surface area contributed by atoms with Gasteiger partial charge in [0.2, 0.25) is 17.7 Å². The van der Waals surface area contributed by atoms with E-state index < -0.39 is 0 Å². The molecule has 1 saturated heterocycles. The first-order valence-corrected chi connectivity index (χ1v) is 9.42. The monoisotopic (exact) mass is 349 g/mol. The molecule has 3 rings (SSSR count). The zero-order valence-corrected chi connectivity index (χ0v) is 14.9. The van der Waals surface area contributed by atoms with Gasteiger partial charge < -0.3 is 15.0 Å². The predicted octanol–water partition coefficient (Wildman–Crippen LogP) is 1.72. The topological polar surface area (TPSA) is 71.5 Å². The number of hydrogen-bond donors (Lipinski definition) is 1. The quantitative estimate of drug-likeness (QED) is 0.876. The van der Waals surface area contributed by atoms with Gasteiger partial charge in [-0.25, -0.2) is 4.98 Å². The molecule has 1 aromatic heterocycles. The number of pyridine rings is 1. The van der Waals surface area contributed by atoms with Crippen LogP contribution < -0.4 is 10.1 Å². The number of hydrogen-bond acceptors (Lipinski definition) is 5. The summed E-state index contributed by atoms with van der Waals surface area (Å²) in [5.41, 5.74) is 1.70. The van der Waals surface area contributed by atoms with Gasteiger partial charge >= 0.3 is 0 Å². The number of aryl methyl sites for hydroxylation is 1. The molecular formula is C17H23N3O3S. The lowest BCUT2D eigenvalue weighted by Crippen LogP contribution is -2.49. The van der Waals surface area contributed by atoms with Crippen LogP contribution in [0.4, 0.5) is 0 Å². The van der Waals surface area contributed by atoms with E-state index in [4.69, 9.17) is 4.74 Å². The Balaban J connectivity index is 1.61. The SMILES string of the molecule is COc1nc(C)ccc1CNC(=O)[C@@H]1CSCN1C(=O)C1CCC1. The van der Waals surface area contributed by atoms with Gasteiger partial charge in [0, 0.05) is 29.5 Å². The Labute approximate surface area is 146 Å². The van der Waals surface area contributed by atoms with Crippen molar-refractivity contribution < 1.29 is 14.3 Å². The summed E-state index contributed by atoms with van der Waals surface area (Å²) in [5.74, 6) is 1.96. The summed E-state index contributed by atoms with van der Waals surface area (Å²) in [6, 6.07) is 3.43. The third-order valence-electron chi connectivity index (χ3n) is 4.65. The molecule has 1 saturated carbocycles. The Morgan fingerprint density at radius 2 is 2.21 bits per heavy atom. The average molecular weight is 349 g/mol. The number of carbonyl (C=O) groups is 2. The Hall–Kier alpha value is -1.76. The molecule has 0 unspecified atom stereocenters. The van der Waals surface area contributed by atoms with Crippen LogP contribution in [0.5, 0.6) is 5.88 Å². The minimum absolute atomic E-state index is 0.102. The summed E-state index contributed by atoms with van der Waals surface area (Å²) in [6.45, 7) is 2.24. The van der Waals surface area contributed by atoms with Crippen LogP contribution in [0.3, 0.4) is 0 Å². The van der Waals surface area contributed by atoms with Crippen LogP contribution in [0, 0.1) is 12.8 Å². The number of nitrogens with zero attached hydrogens (tertiary/aromatic N) is 2. The Morgan fingerprint density at radius 3 is 2.88 bits per heavy atom. The van der Waals surface area contributed by atoms with E-state index in [9.17, 15) is 9.59 Å². The van der Waals surface area contributed by atoms with Crippen LogP contribution in [0.15, 0.2) is 12.1 Å². The number of rotatable bonds is 5. The highest BCUT2D eigenvalue weighted by Crippen LogP contribution is 2.32. The molecule has 6 nitrogen and oxygen atoms in total. The lowest BCUT2D eigenvalue weighted by atomic mass is 9.84. The molecular weight excluding hydrogens is 326 g/mol. The molecule has 7 heteroatoms. The molecule has 1 aliphatic carbocycles. The van der Waals surface area contributed by atoms with E-state index in [1.54, 1.807) is 23.8 Å². The van der Waals surface area contributed by atoms with Crippen LogP contribution in [0.2, 0.25) is 0 Å². The van der Waals surface area contributed by atoms with Crippen molar-refractivity contribution >= 4 is 23.6 Å². The first-order chi connectivity index (χ1) is 11.6. The van der Waals surface area contributed by atoms with Crippen LogP contribution in [-0.2, 0) is 16.1 Å². The molecule has 2 amide bonds. The van der Waals surface area contributed by atoms with E-state index in [1.165, 1.54) is 0 Å². The van der Waals surface area contributed by atoms with E-state index in [1.807, 2.05) is 19.1 Å². The van der Waals surface area contributed by atoms with Crippen molar-refractivity contribution in [3.63, 3.8) is 0 Å². The first-order valence-electron chi connectivity index (χ1n) is 8.26. The molecule has 1 aromatic rings. The summed E-state index contributed by atoms with van der Waals surface area (Å²) in [4.78, 5) is 31.1. The Kier molecular flexibility index (Phi) is 5.28. The van der Waals surface area contributed by atoms with Crippen LogP contribution >= 0.6 is 11.8 Å². The fraction of sp³-hybridized carbons (Fsp3) is 0.588. The molecule has 2 aliphatic rings. The number of nitrogens with one attached hydrogen (secondary N) is 1. The van der Waals surface area contributed by atoms with Crippen molar-refractivity contribution in [3.05, 3.63) is 23.4 Å². The van der Waals surface area contributed by atoms with Gasteiger partial charge in [0.1, 0.15) is 6.04 Å². The maximum atomic E-state index is 12.5. The van der Waals surface area contributed by atoms with Gasteiger partial charge in [0.25, 0.3) is 0 Å². The summed E-state index contributed by atoms with van der Waals surface area (Å²) in [5, 5.41) is 2.93. The molecule has 0 spiro atoms. The minimum Gasteiger partial charge on any atom is -0.481 e. The molecule has 24 heavy (non-hydrogen) atoms. The molecule has 0 radical (unpaired) electrons. The van der Waals surface area contributed by atoms with Crippen molar-refractivity contribution in [2.24, 2.45) is 5.92 Å². The minimum atomic E-state index is -0.368. The standard InChI is InChI=1S/C17H23N3O3S/c1-11-6-7-13(16(19-11)23-2)8-18-15(21)14-9-24-10-20(14)17(22)12-4-3-5-12/h6-7,12,14H,3-5,8-10H2,1-2H3,(H,18,21)/t14-/m0/s1. The summed E-state index contributed by atoms with van der Waals surface area (Å²) >= 11 is 1.64. The molecule has 1 N–H and O–H groups in total. The summed E-state index contributed by atoms with van der Waals surface area (Å²) in [7, 11) is 1.57. The van der Waals surface area contributed by atoms with Crippen molar-refractivity contribution in [1.29, 1.82) is 0 Å². The second-order valence-electron chi connectivity index (χ2n) is 6.29. The maximum absolute atomic E-state index is 12.5. The van der Waals surface area contributed by atoms with Crippen LogP contribution in [-0.4, -0.2) is 46.5 Å². The molecule has 0 bridgehead atoms. The molecule has 0 aromatic carbocycles. The lowest BCUT2D eigenvalue weighted by molar-refractivity contribution is -0.143. The van der Waals surface area contributed by atoms with Gasteiger partial charge in [-0.1, -0.05) is 12.5 Å². The van der Waals surface area contributed by atoms with Crippen molar-refractivity contribution in [2.45, 2.75) is 38.8 Å². The summed E-state index contributed by atoms with van der Waals surface area (Å²) < 4.78 is 5.27. The first kappa shape index (κ1) is 17.1. The third-order valence-corrected chi connectivity index (χ3v) is 5.66. The highest BCUT2D eigenvalue weighted by atomic mass is 32.2.